The van der Waals surface area contributed by atoms with E-state index in [9.17, 15) is 14.4 Å². The Kier molecular flexibility index (Phi) is 7.95. The molecule has 0 heterocycles. The first-order valence-electron chi connectivity index (χ1n) is 14.0. The Hall–Kier alpha value is -4.77. The average Bonchev–Trinajstić information content (AvgIpc) is 3.01. The summed E-state index contributed by atoms with van der Waals surface area (Å²) in [4.78, 5) is 39.6. The van der Waals surface area contributed by atoms with Gasteiger partial charge in [-0.25, -0.2) is 0 Å². The van der Waals surface area contributed by atoms with Gasteiger partial charge in [-0.05, 0) is 81.8 Å². The van der Waals surface area contributed by atoms with Crippen LogP contribution in [0.1, 0.15) is 58.5 Å². The molecule has 42 heavy (non-hydrogen) atoms. The molecule has 0 spiro atoms. The largest absolute Gasteiger partial charge is 0.497 e. The molecule has 2 unspecified atom stereocenters. The van der Waals surface area contributed by atoms with E-state index >= 15 is 0 Å². The van der Waals surface area contributed by atoms with Crippen molar-refractivity contribution in [2.24, 2.45) is 5.41 Å². The van der Waals surface area contributed by atoms with Crippen LogP contribution in [0.5, 0.6) is 11.5 Å². The first kappa shape index (κ1) is 28.7. The lowest BCUT2D eigenvalue weighted by molar-refractivity contribution is -0.112. The molecule has 0 amide bonds. The minimum Gasteiger partial charge on any atom is -0.497 e. The maximum atomic E-state index is 13.5. The van der Waals surface area contributed by atoms with E-state index in [2.05, 4.69) is 0 Å². The van der Waals surface area contributed by atoms with E-state index in [1.54, 1.807) is 73.9 Å². The van der Waals surface area contributed by atoms with Crippen molar-refractivity contribution in [2.45, 2.75) is 39.2 Å². The number of methoxy groups -OCH3 is 1. The number of rotatable bonds is 9. The topological polar surface area (TPSA) is 69.7 Å². The SMILES string of the molecule is COc1ccc(C(=O)C2(C)C=CC=C(C(=O)C3=CCC(C)(Oc4ccc(C(=O)c5ccc(C)cc5)cc4)C=C3)C2)cc1. The molecular weight excluding hydrogens is 524 g/mol. The summed E-state index contributed by atoms with van der Waals surface area (Å²) in [6.07, 6.45) is 11.9. The van der Waals surface area contributed by atoms with E-state index in [0.717, 1.165) is 5.56 Å². The normalized spacial score (nSPS) is 21.2. The molecule has 0 N–H and O–H groups in total. The van der Waals surface area contributed by atoms with E-state index in [-0.39, 0.29) is 17.3 Å². The van der Waals surface area contributed by atoms with Gasteiger partial charge < -0.3 is 9.47 Å². The Balaban J connectivity index is 1.22. The van der Waals surface area contributed by atoms with Gasteiger partial charge in [-0.1, -0.05) is 60.2 Å². The van der Waals surface area contributed by atoms with Gasteiger partial charge in [-0.2, -0.15) is 0 Å². The zero-order valence-electron chi connectivity index (χ0n) is 24.3. The quantitative estimate of drug-likeness (QED) is 0.253. The van der Waals surface area contributed by atoms with Crippen LogP contribution in [0.3, 0.4) is 0 Å². The van der Waals surface area contributed by atoms with E-state index in [1.807, 2.05) is 63.3 Å². The second kappa shape index (κ2) is 11.6. The van der Waals surface area contributed by atoms with E-state index < -0.39 is 11.0 Å². The number of benzene rings is 3. The molecule has 2 aliphatic rings. The highest BCUT2D eigenvalue weighted by molar-refractivity contribution is 6.12. The molecule has 0 bridgehead atoms. The summed E-state index contributed by atoms with van der Waals surface area (Å²) >= 11 is 0. The molecule has 212 valence electrons. The number of allylic oxidation sites excluding steroid dienone is 6. The number of ether oxygens (including phenoxy) is 2. The fourth-order valence-corrected chi connectivity index (χ4v) is 5.23. The van der Waals surface area contributed by atoms with Crippen molar-refractivity contribution in [3.8, 4) is 11.5 Å². The molecule has 0 aromatic heterocycles. The third-order valence-corrected chi connectivity index (χ3v) is 7.87. The second-order valence-electron chi connectivity index (χ2n) is 11.4. The first-order chi connectivity index (χ1) is 20.1. The average molecular weight is 559 g/mol. The molecule has 0 aliphatic heterocycles. The van der Waals surface area contributed by atoms with Gasteiger partial charge in [0.25, 0.3) is 0 Å². The van der Waals surface area contributed by atoms with Crippen LogP contribution in [0, 0.1) is 12.3 Å². The molecule has 5 heteroatoms. The van der Waals surface area contributed by atoms with Crippen molar-refractivity contribution in [1.29, 1.82) is 0 Å². The summed E-state index contributed by atoms with van der Waals surface area (Å²) in [5, 5.41) is 0. The van der Waals surface area contributed by atoms with Crippen molar-refractivity contribution in [3.63, 3.8) is 0 Å². The van der Waals surface area contributed by atoms with Crippen LogP contribution in [0.25, 0.3) is 0 Å². The summed E-state index contributed by atoms with van der Waals surface area (Å²) < 4.78 is 11.5. The monoisotopic (exact) mass is 558 g/mol. The predicted molar refractivity (Wildman–Crippen MR) is 164 cm³/mol. The molecule has 0 saturated carbocycles. The molecule has 2 aliphatic carbocycles. The van der Waals surface area contributed by atoms with Gasteiger partial charge in [0.2, 0.25) is 0 Å². The molecule has 5 rings (SSSR count). The molecule has 5 nitrogen and oxygen atoms in total. The molecule has 0 radical (unpaired) electrons. The van der Waals surface area contributed by atoms with Crippen LogP contribution in [0.2, 0.25) is 0 Å². The number of hydrogen-bond donors (Lipinski definition) is 0. The van der Waals surface area contributed by atoms with Gasteiger partial charge in [0.15, 0.2) is 17.3 Å². The highest BCUT2D eigenvalue weighted by Crippen LogP contribution is 2.37. The predicted octanol–water partition coefficient (Wildman–Crippen LogP) is 7.60. The summed E-state index contributed by atoms with van der Waals surface area (Å²) in [6, 6.07) is 21.7. The lowest BCUT2D eigenvalue weighted by atomic mass is 9.73. The van der Waals surface area contributed by atoms with E-state index in [4.69, 9.17) is 9.47 Å². The van der Waals surface area contributed by atoms with Crippen LogP contribution in [-0.2, 0) is 4.79 Å². The number of hydrogen-bond acceptors (Lipinski definition) is 5. The molecular formula is C37H34O5. The number of ketones is 3. The molecule has 0 saturated heterocycles. The van der Waals surface area contributed by atoms with Gasteiger partial charge in [-0.3, -0.25) is 14.4 Å². The standard InChI is InChI=1S/C37H34O5/c1-25-7-9-26(10-8-25)33(38)27-11-17-32(18-12-27)42-37(3)22-19-28(20-23-37)34(39)30-6-5-21-36(2,24-30)35(40)29-13-15-31(41-4)16-14-29/h5-22H,23-24H2,1-4H3. The third kappa shape index (κ3) is 6.10. The highest BCUT2D eigenvalue weighted by atomic mass is 16.5. The Morgan fingerprint density at radius 2 is 1.33 bits per heavy atom. The maximum absolute atomic E-state index is 13.5. The van der Waals surface area contributed by atoms with Crippen LogP contribution in [0.4, 0.5) is 0 Å². The van der Waals surface area contributed by atoms with Crippen LogP contribution >= 0.6 is 0 Å². The lowest BCUT2D eigenvalue weighted by Crippen LogP contribution is -2.32. The number of aryl methyl sites for hydroxylation is 1. The molecule has 2 atom stereocenters. The minimum atomic E-state index is -0.822. The highest BCUT2D eigenvalue weighted by Gasteiger charge is 2.36. The third-order valence-electron chi connectivity index (χ3n) is 7.87. The Morgan fingerprint density at radius 3 is 1.93 bits per heavy atom. The van der Waals surface area contributed by atoms with Crippen molar-refractivity contribution < 1.29 is 23.9 Å². The van der Waals surface area contributed by atoms with Gasteiger partial charge in [-0.15, -0.1) is 0 Å². The van der Waals surface area contributed by atoms with Gasteiger partial charge in [0.05, 0.1) is 12.5 Å². The fraction of sp³-hybridized carbons (Fsp3) is 0.216. The number of carbonyl (C=O) groups excluding carboxylic acids is 3. The Labute approximate surface area is 246 Å². The van der Waals surface area contributed by atoms with Crippen LogP contribution < -0.4 is 9.47 Å². The molecule has 0 fully saturated rings. The Morgan fingerprint density at radius 1 is 0.738 bits per heavy atom. The van der Waals surface area contributed by atoms with Crippen LogP contribution in [0.15, 0.2) is 120 Å². The first-order valence-corrected chi connectivity index (χ1v) is 14.0. The van der Waals surface area contributed by atoms with Crippen molar-refractivity contribution in [1.82, 2.24) is 0 Å². The van der Waals surface area contributed by atoms with Gasteiger partial charge in [0.1, 0.15) is 17.1 Å². The summed E-state index contributed by atoms with van der Waals surface area (Å²) in [7, 11) is 1.59. The van der Waals surface area contributed by atoms with Gasteiger partial charge in [0, 0.05) is 34.3 Å². The molecule has 3 aromatic carbocycles. The minimum absolute atomic E-state index is 0.0370. The van der Waals surface area contributed by atoms with Crippen molar-refractivity contribution >= 4 is 17.3 Å². The summed E-state index contributed by atoms with van der Waals surface area (Å²) in [5.41, 5.74) is 2.63. The Bertz CT molecular complexity index is 1640. The van der Waals surface area contributed by atoms with E-state index in [1.165, 1.54) is 0 Å². The van der Waals surface area contributed by atoms with E-state index in [0.29, 0.717) is 52.2 Å². The number of carbonyl (C=O) groups is 3. The van der Waals surface area contributed by atoms with Gasteiger partial charge >= 0.3 is 0 Å². The fourth-order valence-electron chi connectivity index (χ4n) is 5.23. The number of Topliss-reactive ketones (excluding diaryl/α,β-unsaturated/α-hetero) is 2. The van der Waals surface area contributed by atoms with Crippen molar-refractivity contribution in [2.75, 3.05) is 7.11 Å². The second-order valence-corrected chi connectivity index (χ2v) is 11.4. The zero-order valence-corrected chi connectivity index (χ0v) is 24.3. The summed E-state index contributed by atoms with van der Waals surface area (Å²) in [6.45, 7) is 5.81. The lowest BCUT2D eigenvalue weighted by Gasteiger charge is -2.30. The van der Waals surface area contributed by atoms with Crippen molar-refractivity contribution in [3.05, 3.63) is 143 Å². The van der Waals surface area contributed by atoms with Crippen LogP contribution in [-0.4, -0.2) is 30.1 Å². The smallest absolute Gasteiger partial charge is 0.193 e. The maximum Gasteiger partial charge on any atom is 0.193 e. The zero-order chi connectivity index (χ0) is 29.9. The molecule has 3 aromatic rings. The summed E-state index contributed by atoms with van der Waals surface area (Å²) in [5.74, 6) is 1.15.